The molecule has 8 heteroatoms. The molecule has 5 rings (SSSR count). The molecule has 2 amide bonds. The fourth-order valence-electron chi connectivity index (χ4n) is 6.46. The Morgan fingerprint density at radius 1 is 0.774 bits per heavy atom. The Morgan fingerprint density at radius 3 is 1.87 bits per heavy atom. The van der Waals surface area contributed by atoms with Crippen LogP contribution in [-0.2, 0) is 9.59 Å². The van der Waals surface area contributed by atoms with E-state index in [-0.39, 0.29) is 11.8 Å². The highest BCUT2D eigenvalue weighted by Crippen LogP contribution is 2.42. The SMILES string of the molecule is O=C(C1CCC(C2CCC(C3NCNN3)CC2)CC1)N1CCN(C(=O)C2(O)CC2)CC1. The van der Waals surface area contributed by atoms with Gasteiger partial charge in [0.1, 0.15) is 5.60 Å². The van der Waals surface area contributed by atoms with Crippen LogP contribution in [0.5, 0.6) is 0 Å². The summed E-state index contributed by atoms with van der Waals surface area (Å²) in [6.45, 7) is 3.21. The van der Waals surface area contributed by atoms with Crippen LogP contribution in [-0.4, -0.2) is 71.3 Å². The van der Waals surface area contributed by atoms with Crippen molar-refractivity contribution in [1.29, 1.82) is 0 Å². The van der Waals surface area contributed by atoms with Gasteiger partial charge in [-0.1, -0.05) is 0 Å². The van der Waals surface area contributed by atoms with Crippen molar-refractivity contribution in [2.24, 2.45) is 23.7 Å². The van der Waals surface area contributed by atoms with Crippen LogP contribution in [0.1, 0.15) is 64.2 Å². The van der Waals surface area contributed by atoms with Gasteiger partial charge in [-0.05, 0) is 82.0 Å². The smallest absolute Gasteiger partial charge is 0.254 e. The summed E-state index contributed by atoms with van der Waals surface area (Å²) in [6, 6.07) is 0. The van der Waals surface area contributed by atoms with Gasteiger partial charge in [-0.25, -0.2) is 10.9 Å². The summed E-state index contributed by atoms with van der Waals surface area (Å²) in [6.07, 6.45) is 11.3. The van der Waals surface area contributed by atoms with E-state index in [4.69, 9.17) is 0 Å². The second kappa shape index (κ2) is 8.96. The van der Waals surface area contributed by atoms with E-state index in [1.807, 2.05) is 4.90 Å². The molecule has 0 bridgehead atoms. The number of amides is 2. The second-order valence-corrected chi connectivity index (χ2v) is 10.6. The zero-order valence-corrected chi connectivity index (χ0v) is 18.7. The molecule has 3 aliphatic carbocycles. The highest BCUT2D eigenvalue weighted by Gasteiger charge is 2.50. The van der Waals surface area contributed by atoms with Gasteiger partial charge in [0.15, 0.2) is 0 Å². The van der Waals surface area contributed by atoms with Gasteiger partial charge in [0.2, 0.25) is 5.91 Å². The number of piperazine rings is 1. The number of hydrogen-bond acceptors (Lipinski definition) is 6. The van der Waals surface area contributed by atoms with Crippen LogP contribution in [0.3, 0.4) is 0 Å². The Hall–Kier alpha value is -1.22. The number of nitrogens with one attached hydrogen (secondary N) is 3. The Bertz CT molecular complexity index is 654. The first-order chi connectivity index (χ1) is 15.0. The summed E-state index contributed by atoms with van der Waals surface area (Å²) in [5, 5.41) is 13.5. The van der Waals surface area contributed by atoms with Gasteiger partial charge in [-0.2, -0.15) is 0 Å². The van der Waals surface area contributed by atoms with Gasteiger partial charge in [0.05, 0.1) is 12.8 Å². The van der Waals surface area contributed by atoms with E-state index in [0.29, 0.717) is 51.1 Å². The summed E-state index contributed by atoms with van der Waals surface area (Å²) in [7, 11) is 0. The fourth-order valence-corrected chi connectivity index (χ4v) is 6.46. The number of carbonyl (C=O) groups is 2. The molecule has 2 heterocycles. The molecule has 0 aromatic carbocycles. The zero-order valence-electron chi connectivity index (χ0n) is 18.7. The second-order valence-electron chi connectivity index (χ2n) is 10.6. The third-order valence-electron chi connectivity index (χ3n) is 8.74. The third kappa shape index (κ3) is 4.63. The molecule has 2 saturated heterocycles. The quantitative estimate of drug-likeness (QED) is 0.523. The molecule has 174 valence electrons. The highest BCUT2D eigenvalue weighted by atomic mass is 16.3. The van der Waals surface area contributed by atoms with Crippen molar-refractivity contribution in [2.45, 2.75) is 76.0 Å². The molecule has 8 nitrogen and oxygen atoms in total. The fraction of sp³-hybridized carbons (Fsp3) is 0.913. The molecular formula is C23H39N5O3. The lowest BCUT2D eigenvalue weighted by Crippen LogP contribution is -2.54. The van der Waals surface area contributed by atoms with E-state index < -0.39 is 5.60 Å². The van der Waals surface area contributed by atoms with Gasteiger partial charge in [0.25, 0.3) is 5.91 Å². The summed E-state index contributed by atoms with van der Waals surface area (Å²) in [4.78, 5) is 29.1. The lowest BCUT2D eigenvalue weighted by Gasteiger charge is -2.41. The molecule has 31 heavy (non-hydrogen) atoms. The average molecular weight is 434 g/mol. The highest BCUT2D eigenvalue weighted by molar-refractivity contribution is 5.88. The summed E-state index contributed by atoms with van der Waals surface area (Å²) in [5.74, 6) is 2.69. The first-order valence-electron chi connectivity index (χ1n) is 12.6. The molecule has 3 saturated carbocycles. The standard InChI is InChI=1S/C23H39N5O3/c29-21(27-11-13-28(14-12-27)22(30)23(31)9-10-23)19-7-3-17(4-8-19)16-1-5-18(6-2-16)20-24-15-25-26-20/h16-20,24-26,31H,1-15H2. The number of aliphatic hydroxyl groups is 1. The maximum absolute atomic E-state index is 13.1. The Morgan fingerprint density at radius 2 is 1.32 bits per heavy atom. The van der Waals surface area contributed by atoms with Crippen molar-refractivity contribution in [1.82, 2.24) is 26.0 Å². The molecule has 5 aliphatic rings. The molecule has 5 fully saturated rings. The van der Waals surface area contributed by atoms with Crippen molar-refractivity contribution in [3.8, 4) is 0 Å². The predicted octanol–water partition coefficient (Wildman–Crippen LogP) is 0.776. The Kier molecular flexibility index (Phi) is 6.25. The van der Waals surface area contributed by atoms with Gasteiger partial charge >= 0.3 is 0 Å². The van der Waals surface area contributed by atoms with E-state index in [9.17, 15) is 14.7 Å². The molecule has 1 unspecified atom stereocenters. The maximum atomic E-state index is 13.1. The molecule has 0 radical (unpaired) electrons. The first-order valence-corrected chi connectivity index (χ1v) is 12.6. The third-order valence-corrected chi connectivity index (χ3v) is 8.74. The van der Waals surface area contributed by atoms with E-state index in [0.717, 1.165) is 37.3 Å². The maximum Gasteiger partial charge on any atom is 0.254 e. The molecule has 4 N–H and O–H groups in total. The lowest BCUT2D eigenvalue weighted by atomic mass is 9.68. The number of nitrogens with zero attached hydrogens (tertiary/aromatic N) is 2. The van der Waals surface area contributed by atoms with Crippen molar-refractivity contribution < 1.29 is 14.7 Å². The van der Waals surface area contributed by atoms with Crippen molar-refractivity contribution in [2.75, 3.05) is 32.8 Å². The molecule has 0 spiro atoms. The van der Waals surface area contributed by atoms with Gasteiger partial charge in [0, 0.05) is 32.1 Å². The predicted molar refractivity (Wildman–Crippen MR) is 116 cm³/mol. The molecule has 0 aromatic rings. The Labute approximate surface area is 185 Å². The van der Waals surface area contributed by atoms with E-state index in [2.05, 4.69) is 16.2 Å². The van der Waals surface area contributed by atoms with Crippen LogP contribution in [0.2, 0.25) is 0 Å². The minimum atomic E-state index is -1.09. The summed E-state index contributed by atoms with van der Waals surface area (Å²) in [5.41, 5.74) is 5.44. The van der Waals surface area contributed by atoms with Gasteiger partial charge in [-0.15, -0.1) is 0 Å². The van der Waals surface area contributed by atoms with Crippen LogP contribution >= 0.6 is 0 Å². The van der Waals surface area contributed by atoms with Crippen molar-refractivity contribution in [3.05, 3.63) is 0 Å². The molecular weight excluding hydrogens is 394 g/mol. The van der Waals surface area contributed by atoms with E-state index in [1.54, 1.807) is 4.90 Å². The Balaban J connectivity index is 1.03. The van der Waals surface area contributed by atoms with Crippen molar-refractivity contribution >= 4 is 11.8 Å². The van der Waals surface area contributed by atoms with Crippen LogP contribution in [0.15, 0.2) is 0 Å². The van der Waals surface area contributed by atoms with Crippen molar-refractivity contribution in [3.63, 3.8) is 0 Å². The first kappa shape index (κ1) is 21.6. The molecule has 1 atom stereocenters. The minimum absolute atomic E-state index is 0.134. The van der Waals surface area contributed by atoms with Crippen LogP contribution in [0.4, 0.5) is 0 Å². The lowest BCUT2D eigenvalue weighted by molar-refractivity contribution is -0.148. The van der Waals surface area contributed by atoms with E-state index in [1.165, 1.54) is 38.5 Å². The zero-order chi connectivity index (χ0) is 21.4. The molecule has 2 aliphatic heterocycles. The normalized spacial score (nSPS) is 38.2. The minimum Gasteiger partial charge on any atom is -0.380 e. The summed E-state index contributed by atoms with van der Waals surface area (Å²) < 4.78 is 0. The number of hydrogen-bond donors (Lipinski definition) is 4. The van der Waals surface area contributed by atoms with Crippen LogP contribution in [0.25, 0.3) is 0 Å². The number of rotatable bonds is 4. The largest absolute Gasteiger partial charge is 0.380 e. The average Bonchev–Trinajstić information content (AvgIpc) is 3.34. The summed E-state index contributed by atoms with van der Waals surface area (Å²) >= 11 is 0. The van der Waals surface area contributed by atoms with E-state index >= 15 is 0 Å². The van der Waals surface area contributed by atoms with Crippen LogP contribution in [0, 0.1) is 23.7 Å². The van der Waals surface area contributed by atoms with Gasteiger partial charge < -0.3 is 14.9 Å². The van der Waals surface area contributed by atoms with Gasteiger partial charge in [-0.3, -0.25) is 14.9 Å². The molecule has 0 aromatic heterocycles. The number of hydrazine groups is 1. The monoisotopic (exact) mass is 433 g/mol. The van der Waals surface area contributed by atoms with Crippen LogP contribution < -0.4 is 16.2 Å². The number of carbonyl (C=O) groups excluding carboxylic acids is 2. The topological polar surface area (TPSA) is 96.9 Å².